The van der Waals surface area contributed by atoms with E-state index < -0.39 is 5.92 Å². The third-order valence-electron chi connectivity index (χ3n) is 2.53. The van der Waals surface area contributed by atoms with Crippen LogP contribution < -0.4 is 0 Å². The van der Waals surface area contributed by atoms with E-state index in [1.165, 1.54) is 23.6 Å². The maximum atomic E-state index is 12.3. The van der Waals surface area contributed by atoms with Gasteiger partial charge < -0.3 is 0 Å². The SMILES string of the molecule is Cc1ncc(C(=O)C(C#N)c2ccc(Cl)cc2Cl)s1. The van der Waals surface area contributed by atoms with Crippen molar-refractivity contribution in [2.45, 2.75) is 12.8 Å². The predicted molar refractivity (Wildman–Crippen MR) is 76.0 cm³/mol. The van der Waals surface area contributed by atoms with Crippen molar-refractivity contribution >= 4 is 40.3 Å². The number of ketones is 1. The van der Waals surface area contributed by atoms with E-state index in [4.69, 9.17) is 23.2 Å². The molecule has 1 unspecified atom stereocenters. The molecule has 0 amide bonds. The van der Waals surface area contributed by atoms with Crippen LogP contribution >= 0.6 is 34.5 Å². The molecule has 0 saturated carbocycles. The van der Waals surface area contributed by atoms with Crippen molar-refractivity contribution < 1.29 is 4.79 Å². The molecule has 0 aliphatic carbocycles. The molecule has 19 heavy (non-hydrogen) atoms. The molecule has 2 aromatic rings. The number of nitriles is 1. The number of aryl methyl sites for hydroxylation is 1. The first-order valence-corrected chi connectivity index (χ1v) is 6.91. The minimum Gasteiger partial charge on any atom is -0.291 e. The number of carbonyl (C=O) groups is 1. The second-order valence-electron chi connectivity index (χ2n) is 3.84. The fourth-order valence-electron chi connectivity index (χ4n) is 1.62. The van der Waals surface area contributed by atoms with E-state index in [0.717, 1.165) is 5.01 Å². The number of Topliss-reactive ketones (excluding diaryl/α,β-unsaturated/α-hetero) is 1. The molecule has 1 atom stereocenters. The molecule has 96 valence electrons. The third-order valence-corrected chi connectivity index (χ3v) is 4.02. The smallest absolute Gasteiger partial charge is 0.196 e. The number of benzene rings is 1. The van der Waals surface area contributed by atoms with Gasteiger partial charge in [0.1, 0.15) is 5.92 Å². The van der Waals surface area contributed by atoms with Crippen LogP contribution in [0, 0.1) is 18.3 Å². The van der Waals surface area contributed by atoms with Crippen LogP contribution in [-0.2, 0) is 0 Å². The first-order chi connectivity index (χ1) is 9.02. The summed E-state index contributed by atoms with van der Waals surface area (Å²) in [6.45, 7) is 1.80. The summed E-state index contributed by atoms with van der Waals surface area (Å²) in [5, 5.41) is 10.8. The summed E-state index contributed by atoms with van der Waals surface area (Å²) in [6.07, 6.45) is 1.48. The Bertz CT molecular complexity index is 676. The first kappa shape index (κ1) is 14.0. The second kappa shape index (κ2) is 5.70. The van der Waals surface area contributed by atoms with E-state index in [0.29, 0.717) is 20.5 Å². The Morgan fingerprint density at radius 3 is 2.74 bits per heavy atom. The molecule has 0 spiro atoms. The highest BCUT2D eigenvalue weighted by atomic mass is 35.5. The molecule has 0 aliphatic heterocycles. The summed E-state index contributed by atoms with van der Waals surface area (Å²) in [6, 6.07) is 6.72. The van der Waals surface area contributed by atoms with Crippen LogP contribution in [0.2, 0.25) is 10.0 Å². The van der Waals surface area contributed by atoms with Gasteiger partial charge in [-0.2, -0.15) is 5.26 Å². The van der Waals surface area contributed by atoms with Gasteiger partial charge in [-0.25, -0.2) is 4.98 Å². The number of thiazole rings is 1. The Hall–Kier alpha value is -1.41. The van der Waals surface area contributed by atoms with Crippen molar-refractivity contribution in [3.05, 3.63) is 49.9 Å². The van der Waals surface area contributed by atoms with Crippen molar-refractivity contribution in [1.29, 1.82) is 5.26 Å². The summed E-state index contributed by atoms with van der Waals surface area (Å²) < 4.78 is 0. The lowest BCUT2D eigenvalue weighted by Crippen LogP contribution is -2.10. The molecular weight excluding hydrogens is 303 g/mol. The molecular formula is C13H8Cl2N2OS. The largest absolute Gasteiger partial charge is 0.291 e. The van der Waals surface area contributed by atoms with Crippen molar-refractivity contribution in [3.8, 4) is 6.07 Å². The minimum absolute atomic E-state index is 0.294. The van der Waals surface area contributed by atoms with Crippen LogP contribution in [0.15, 0.2) is 24.4 Å². The quantitative estimate of drug-likeness (QED) is 0.796. The Morgan fingerprint density at radius 2 is 2.21 bits per heavy atom. The zero-order valence-corrected chi connectivity index (χ0v) is 12.2. The maximum Gasteiger partial charge on any atom is 0.196 e. The summed E-state index contributed by atoms with van der Waals surface area (Å²) in [5.74, 6) is -1.23. The van der Waals surface area contributed by atoms with Gasteiger partial charge in [0.05, 0.1) is 16.0 Å². The van der Waals surface area contributed by atoms with Crippen LogP contribution in [-0.4, -0.2) is 10.8 Å². The van der Waals surface area contributed by atoms with Crippen molar-refractivity contribution in [3.63, 3.8) is 0 Å². The Morgan fingerprint density at radius 1 is 1.47 bits per heavy atom. The summed E-state index contributed by atoms with van der Waals surface area (Å²) in [4.78, 5) is 16.8. The number of aromatic nitrogens is 1. The van der Waals surface area contributed by atoms with Crippen LogP contribution in [0.1, 0.15) is 26.2 Å². The van der Waals surface area contributed by atoms with Gasteiger partial charge in [0.2, 0.25) is 0 Å². The second-order valence-corrected chi connectivity index (χ2v) is 5.91. The highest BCUT2D eigenvalue weighted by Crippen LogP contribution is 2.30. The van der Waals surface area contributed by atoms with Gasteiger partial charge in [-0.3, -0.25) is 4.79 Å². The van der Waals surface area contributed by atoms with E-state index in [-0.39, 0.29) is 5.78 Å². The van der Waals surface area contributed by atoms with E-state index in [1.807, 2.05) is 6.07 Å². The first-order valence-electron chi connectivity index (χ1n) is 5.34. The highest BCUT2D eigenvalue weighted by molar-refractivity contribution is 7.13. The fourth-order valence-corrected chi connectivity index (χ4v) is 2.89. The molecule has 6 heteroatoms. The normalized spacial score (nSPS) is 11.9. The molecule has 0 aliphatic rings. The van der Waals surface area contributed by atoms with Crippen molar-refractivity contribution in [1.82, 2.24) is 4.98 Å². The predicted octanol–water partition coefficient (Wildman–Crippen LogP) is 4.25. The molecule has 1 heterocycles. The molecule has 0 bridgehead atoms. The molecule has 3 nitrogen and oxygen atoms in total. The Kier molecular flexibility index (Phi) is 4.20. The third kappa shape index (κ3) is 2.95. The van der Waals surface area contributed by atoms with Gasteiger partial charge in [0, 0.05) is 16.2 Å². The monoisotopic (exact) mass is 310 g/mol. The van der Waals surface area contributed by atoms with Gasteiger partial charge in [-0.1, -0.05) is 29.3 Å². The van der Waals surface area contributed by atoms with Gasteiger partial charge in [-0.15, -0.1) is 11.3 Å². The Labute approximate surface area is 124 Å². The zero-order chi connectivity index (χ0) is 14.0. The standard InChI is InChI=1S/C13H8Cl2N2OS/c1-7-17-6-12(19-7)13(18)10(5-16)9-3-2-8(14)4-11(9)15/h2-4,6,10H,1H3. The zero-order valence-electron chi connectivity index (χ0n) is 9.85. The van der Waals surface area contributed by atoms with Crippen molar-refractivity contribution in [2.24, 2.45) is 0 Å². The van der Waals surface area contributed by atoms with Crippen LogP contribution in [0.4, 0.5) is 0 Å². The number of hydrogen-bond donors (Lipinski definition) is 0. The molecule has 1 aromatic heterocycles. The van der Waals surface area contributed by atoms with Crippen LogP contribution in [0.5, 0.6) is 0 Å². The lowest BCUT2D eigenvalue weighted by Gasteiger charge is -2.09. The number of nitrogens with zero attached hydrogens (tertiary/aromatic N) is 2. The Balaban J connectivity index is 2.40. The summed E-state index contributed by atoms with van der Waals surface area (Å²) in [5.41, 5.74) is 0.463. The number of carbonyl (C=O) groups excluding carboxylic acids is 1. The van der Waals surface area contributed by atoms with E-state index in [9.17, 15) is 10.1 Å². The molecule has 2 rings (SSSR count). The summed E-state index contributed by atoms with van der Waals surface area (Å²) >= 11 is 13.1. The number of halogens is 2. The topological polar surface area (TPSA) is 53.8 Å². The van der Waals surface area contributed by atoms with Gasteiger partial charge in [0.25, 0.3) is 0 Å². The number of hydrogen-bond acceptors (Lipinski definition) is 4. The van der Waals surface area contributed by atoms with Crippen LogP contribution in [0.3, 0.4) is 0 Å². The lowest BCUT2D eigenvalue weighted by atomic mass is 9.95. The van der Waals surface area contributed by atoms with E-state index in [1.54, 1.807) is 19.1 Å². The van der Waals surface area contributed by atoms with Gasteiger partial charge in [-0.05, 0) is 24.6 Å². The molecule has 0 saturated heterocycles. The van der Waals surface area contributed by atoms with Crippen molar-refractivity contribution in [2.75, 3.05) is 0 Å². The van der Waals surface area contributed by atoms with Gasteiger partial charge in [0.15, 0.2) is 5.78 Å². The molecule has 0 fully saturated rings. The van der Waals surface area contributed by atoms with Gasteiger partial charge >= 0.3 is 0 Å². The van der Waals surface area contributed by atoms with E-state index >= 15 is 0 Å². The molecule has 0 N–H and O–H groups in total. The summed E-state index contributed by atoms with van der Waals surface area (Å²) in [7, 11) is 0. The average Bonchev–Trinajstić information content (AvgIpc) is 2.79. The maximum absolute atomic E-state index is 12.3. The molecule has 0 radical (unpaired) electrons. The number of rotatable bonds is 3. The minimum atomic E-state index is -0.940. The molecule has 1 aromatic carbocycles. The average molecular weight is 311 g/mol. The lowest BCUT2D eigenvalue weighted by molar-refractivity contribution is 0.0982. The van der Waals surface area contributed by atoms with Crippen LogP contribution in [0.25, 0.3) is 0 Å². The highest BCUT2D eigenvalue weighted by Gasteiger charge is 2.25. The van der Waals surface area contributed by atoms with E-state index in [2.05, 4.69) is 4.98 Å². The fraction of sp³-hybridized carbons (Fsp3) is 0.154.